The second kappa shape index (κ2) is 13.1. The summed E-state index contributed by atoms with van der Waals surface area (Å²) in [5.41, 5.74) is 4.89. The number of carbonyl (C=O) groups is 2. The summed E-state index contributed by atoms with van der Waals surface area (Å²) in [5, 5.41) is 13.9. The average molecular weight is 596 g/mol. The van der Waals surface area contributed by atoms with E-state index in [4.69, 9.17) is 4.74 Å². The van der Waals surface area contributed by atoms with Crippen molar-refractivity contribution in [2.45, 2.75) is 69.6 Å². The summed E-state index contributed by atoms with van der Waals surface area (Å²) in [6, 6.07) is 27.3. The first-order chi connectivity index (χ1) is 21.4. The Morgan fingerprint density at radius 1 is 0.932 bits per heavy atom. The quantitative estimate of drug-likeness (QED) is 0.322. The van der Waals surface area contributed by atoms with E-state index >= 15 is 0 Å². The summed E-state index contributed by atoms with van der Waals surface area (Å²) in [5.74, 6) is 0.317. The Bertz CT molecular complexity index is 1410. The molecule has 4 aliphatic rings. The number of carboxylic acid groups (broad SMARTS) is 1. The molecule has 4 saturated heterocycles. The molecule has 44 heavy (non-hydrogen) atoms. The molecule has 4 heterocycles. The summed E-state index contributed by atoms with van der Waals surface area (Å²) in [6.07, 6.45) is 2.17. The van der Waals surface area contributed by atoms with Crippen LogP contribution in [0.5, 0.6) is 5.75 Å². The minimum absolute atomic E-state index is 0.00482. The van der Waals surface area contributed by atoms with Gasteiger partial charge in [-0.3, -0.25) is 9.69 Å². The number of carbonyl (C=O) groups excluding carboxylic acids is 1. The molecule has 0 aromatic heterocycles. The summed E-state index contributed by atoms with van der Waals surface area (Å²) >= 11 is 0. The lowest BCUT2D eigenvalue weighted by Gasteiger charge is -2.57. The van der Waals surface area contributed by atoms with Crippen LogP contribution in [0.2, 0.25) is 0 Å². The molecule has 0 saturated carbocycles. The van der Waals surface area contributed by atoms with Crippen molar-refractivity contribution >= 4 is 11.9 Å². The number of aliphatic carboxylic acids is 1. The van der Waals surface area contributed by atoms with Gasteiger partial charge in [-0.05, 0) is 60.4 Å². The van der Waals surface area contributed by atoms with Crippen LogP contribution in [0.4, 0.5) is 0 Å². The van der Waals surface area contributed by atoms with Gasteiger partial charge in [-0.1, -0.05) is 86.6 Å². The molecule has 4 aliphatic heterocycles. The van der Waals surface area contributed by atoms with Gasteiger partial charge in [0.2, 0.25) is 5.91 Å². The zero-order valence-electron chi connectivity index (χ0n) is 26.1. The first-order valence-corrected chi connectivity index (χ1v) is 16.1. The van der Waals surface area contributed by atoms with E-state index in [1.165, 1.54) is 16.7 Å². The van der Waals surface area contributed by atoms with E-state index in [1.54, 1.807) is 12.0 Å². The van der Waals surface area contributed by atoms with Crippen molar-refractivity contribution in [3.05, 3.63) is 101 Å². The molecule has 2 unspecified atom stereocenters. The normalized spacial score (nSPS) is 26.3. The van der Waals surface area contributed by atoms with Crippen molar-refractivity contribution in [1.82, 2.24) is 15.1 Å². The van der Waals surface area contributed by atoms with Crippen LogP contribution in [0.3, 0.4) is 0 Å². The lowest BCUT2D eigenvalue weighted by Crippen LogP contribution is -2.69. The Hall–Kier alpha value is -3.68. The van der Waals surface area contributed by atoms with Gasteiger partial charge in [-0.2, -0.15) is 0 Å². The van der Waals surface area contributed by atoms with E-state index < -0.39 is 12.0 Å². The number of amides is 1. The number of hydrogen-bond donors (Lipinski definition) is 2. The highest BCUT2D eigenvalue weighted by Crippen LogP contribution is 2.45. The summed E-state index contributed by atoms with van der Waals surface area (Å²) in [6.45, 7) is 7.11. The number of carboxylic acids is 1. The van der Waals surface area contributed by atoms with E-state index in [9.17, 15) is 14.7 Å². The largest absolute Gasteiger partial charge is 0.496 e. The fourth-order valence-electron chi connectivity index (χ4n) is 8.06. The zero-order chi connectivity index (χ0) is 30.8. The number of methoxy groups -OCH3 is 1. The van der Waals surface area contributed by atoms with Gasteiger partial charge in [-0.15, -0.1) is 0 Å². The van der Waals surface area contributed by atoms with Crippen LogP contribution in [0, 0.1) is 11.8 Å². The summed E-state index contributed by atoms with van der Waals surface area (Å²) in [4.78, 5) is 30.4. The molecule has 2 N–H and O–H groups in total. The second-order valence-electron chi connectivity index (χ2n) is 13.0. The van der Waals surface area contributed by atoms with Crippen LogP contribution in [-0.4, -0.2) is 71.7 Å². The zero-order valence-corrected chi connectivity index (χ0v) is 26.1. The Morgan fingerprint density at radius 3 is 2.23 bits per heavy atom. The van der Waals surface area contributed by atoms with Crippen LogP contribution < -0.4 is 10.1 Å². The smallest absolute Gasteiger partial charge is 0.326 e. The van der Waals surface area contributed by atoms with Crippen molar-refractivity contribution in [2.75, 3.05) is 26.7 Å². The van der Waals surface area contributed by atoms with Crippen molar-refractivity contribution in [1.29, 1.82) is 0 Å². The van der Waals surface area contributed by atoms with Gasteiger partial charge in [0, 0.05) is 43.2 Å². The van der Waals surface area contributed by atoms with Crippen LogP contribution in [-0.2, 0) is 16.1 Å². The van der Waals surface area contributed by atoms with Crippen LogP contribution >= 0.6 is 0 Å². The Labute approximate surface area is 261 Å². The fraction of sp³-hybridized carbons (Fsp3) is 0.459. The second-order valence-corrected chi connectivity index (χ2v) is 13.0. The molecule has 7 nitrogen and oxygen atoms in total. The highest BCUT2D eigenvalue weighted by molar-refractivity contribution is 5.86. The van der Waals surface area contributed by atoms with Gasteiger partial charge in [0.1, 0.15) is 11.8 Å². The fourth-order valence-corrected chi connectivity index (χ4v) is 8.06. The Kier molecular flexibility index (Phi) is 9.06. The molecule has 2 bridgehead atoms. The highest BCUT2D eigenvalue weighted by atomic mass is 16.5. The van der Waals surface area contributed by atoms with Gasteiger partial charge in [0.15, 0.2) is 0 Å². The minimum atomic E-state index is -0.893. The number of ether oxygens (including phenoxy) is 1. The van der Waals surface area contributed by atoms with Crippen molar-refractivity contribution in [3.8, 4) is 5.75 Å². The number of hydrogen-bond acceptors (Lipinski definition) is 5. The summed E-state index contributed by atoms with van der Waals surface area (Å²) < 4.78 is 5.79. The van der Waals surface area contributed by atoms with Gasteiger partial charge in [-0.25, -0.2) is 4.79 Å². The minimum Gasteiger partial charge on any atom is -0.496 e. The van der Waals surface area contributed by atoms with Gasteiger partial charge in [0.05, 0.1) is 13.0 Å². The molecule has 0 radical (unpaired) electrons. The molecule has 232 valence electrons. The van der Waals surface area contributed by atoms with Crippen molar-refractivity contribution < 1.29 is 19.4 Å². The molecule has 1 amide bonds. The van der Waals surface area contributed by atoms with Crippen LogP contribution in [0.15, 0.2) is 78.9 Å². The Balaban J connectivity index is 1.39. The number of nitrogens with zero attached hydrogens (tertiary/aromatic N) is 2. The van der Waals surface area contributed by atoms with Crippen LogP contribution in [0.25, 0.3) is 0 Å². The maximum atomic E-state index is 14.1. The molecular formula is C37H45N3O4. The van der Waals surface area contributed by atoms with Gasteiger partial charge >= 0.3 is 5.97 Å². The standard InChI is InChI=1S/C37H45N3O4/c1-24(2)27-16-17-32(44-3)28(21-27)22-38-34-29-18-20-39(23-30(29)36(41)40-19-10-15-31(40)37(42)43)35(34)33(25-11-6-4-7-12-25)26-13-8-5-9-14-26/h4-9,11-14,16-17,21,24,29-31,33-35,38H,10,15,18-20,22-23H2,1-3H3,(H,42,43)/t29-,30-,31?,34-,35+/m0/s1. The van der Waals surface area contributed by atoms with E-state index in [-0.39, 0.29) is 35.7 Å². The number of rotatable bonds is 10. The maximum Gasteiger partial charge on any atom is 0.326 e. The number of nitrogens with one attached hydrogen (secondary N) is 1. The molecule has 0 aliphatic carbocycles. The van der Waals surface area contributed by atoms with E-state index in [0.29, 0.717) is 32.0 Å². The van der Waals surface area contributed by atoms with E-state index in [1.807, 2.05) is 0 Å². The molecule has 3 aromatic carbocycles. The highest BCUT2D eigenvalue weighted by Gasteiger charge is 2.54. The van der Waals surface area contributed by atoms with Crippen molar-refractivity contribution in [2.24, 2.45) is 11.8 Å². The monoisotopic (exact) mass is 595 g/mol. The predicted octanol–water partition coefficient (Wildman–Crippen LogP) is 5.50. The van der Waals surface area contributed by atoms with Gasteiger partial charge in [0.25, 0.3) is 0 Å². The maximum absolute atomic E-state index is 14.1. The third-order valence-corrected chi connectivity index (χ3v) is 10.2. The molecule has 6 atom stereocenters. The molecular weight excluding hydrogens is 550 g/mol. The third-order valence-electron chi connectivity index (χ3n) is 10.2. The number of fused-ring (bicyclic) bond motifs is 3. The molecule has 4 fully saturated rings. The molecule has 3 aromatic rings. The average Bonchev–Trinajstić information content (AvgIpc) is 3.56. The first kappa shape index (κ1) is 30.4. The third kappa shape index (κ3) is 5.87. The van der Waals surface area contributed by atoms with Crippen LogP contribution in [0.1, 0.15) is 67.2 Å². The van der Waals surface area contributed by atoms with Crippen molar-refractivity contribution in [3.63, 3.8) is 0 Å². The molecule has 0 spiro atoms. The SMILES string of the molecule is COc1ccc(C(C)C)cc1CN[C@H]1[C@H]2CCN(C[C@@H]2C(=O)N2CCCC2C(=O)O)[C@@H]1C(c1ccccc1)c1ccccc1. The topological polar surface area (TPSA) is 82.1 Å². The van der Waals surface area contributed by atoms with E-state index in [0.717, 1.165) is 30.7 Å². The predicted molar refractivity (Wildman–Crippen MR) is 172 cm³/mol. The lowest BCUT2D eigenvalue weighted by molar-refractivity contribution is -0.155. The Morgan fingerprint density at radius 2 is 1.61 bits per heavy atom. The first-order valence-electron chi connectivity index (χ1n) is 16.1. The summed E-state index contributed by atoms with van der Waals surface area (Å²) in [7, 11) is 1.72. The van der Waals surface area contributed by atoms with Gasteiger partial charge < -0.3 is 20.1 Å². The number of likely N-dealkylation sites (tertiary alicyclic amines) is 1. The lowest BCUT2D eigenvalue weighted by atomic mass is 9.66. The molecule has 7 rings (SSSR count). The molecule has 7 heteroatoms. The number of piperidine rings is 3. The van der Waals surface area contributed by atoms with E-state index in [2.05, 4.69) is 103 Å². The number of benzene rings is 3.